The van der Waals surface area contributed by atoms with E-state index < -0.39 is 0 Å². The number of nitrogens with zero attached hydrogens (tertiary/aromatic N) is 4. The molecule has 1 aromatic heterocycles. The summed E-state index contributed by atoms with van der Waals surface area (Å²) in [6, 6.07) is 6.55. The van der Waals surface area contributed by atoms with Gasteiger partial charge in [0.05, 0.1) is 19.7 Å². The van der Waals surface area contributed by atoms with E-state index in [1.807, 2.05) is 0 Å². The molecule has 3 rings (SSSR count). The summed E-state index contributed by atoms with van der Waals surface area (Å²) in [5.74, 6) is 2.57. The number of aliphatic imine (C=N–C) groups is 1. The Bertz CT molecular complexity index is 837. The highest BCUT2D eigenvalue weighted by molar-refractivity contribution is 14.0. The van der Waals surface area contributed by atoms with E-state index in [0.29, 0.717) is 25.5 Å². The lowest BCUT2D eigenvalue weighted by atomic mass is 10.00. The summed E-state index contributed by atoms with van der Waals surface area (Å²) in [6.45, 7) is 14.2. The Labute approximate surface area is 196 Å². The third-order valence-electron chi connectivity index (χ3n) is 5.06. The Morgan fingerprint density at radius 3 is 2.80 bits per heavy atom. The summed E-state index contributed by atoms with van der Waals surface area (Å²) < 4.78 is 11.4. The molecule has 7 nitrogen and oxygen atoms in total. The van der Waals surface area contributed by atoms with Gasteiger partial charge in [0.2, 0.25) is 5.89 Å². The molecule has 0 aliphatic carbocycles. The van der Waals surface area contributed by atoms with Crippen LogP contribution in [0.1, 0.15) is 61.2 Å². The Balaban J connectivity index is 0.00000320. The standard InChI is InChI=1S/C22H33N5O2.HI/c1-6-23-22(24-10-9-20-25-21(15(2)3)26-29-20)27-11-12-28-19(14-27)18-8-7-16(4)13-17(18)5;/h7-8,13,15,19H,6,9-12,14H2,1-5H3,(H,23,24);1H. The molecule has 1 aromatic carbocycles. The van der Waals surface area contributed by atoms with Gasteiger partial charge in [-0.2, -0.15) is 4.98 Å². The van der Waals surface area contributed by atoms with E-state index in [2.05, 4.69) is 73.2 Å². The minimum atomic E-state index is 0. The van der Waals surface area contributed by atoms with E-state index >= 15 is 0 Å². The van der Waals surface area contributed by atoms with Crippen LogP contribution in [0, 0.1) is 13.8 Å². The minimum Gasteiger partial charge on any atom is -0.370 e. The van der Waals surface area contributed by atoms with Gasteiger partial charge in [-0.15, -0.1) is 24.0 Å². The van der Waals surface area contributed by atoms with Gasteiger partial charge in [0.25, 0.3) is 0 Å². The first-order valence-electron chi connectivity index (χ1n) is 10.5. The van der Waals surface area contributed by atoms with Crippen molar-refractivity contribution in [2.24, 2.45) is 4.99 Å². The van der Waals surface area contributed by atoms with Crippen molar-refractivity contribution in [3.05, 3.63) is 46.6 Å². The zero-order valence-electron chi connectivity index (χ0n) is 18.6. The Kier molecular flexibility index (Phi) is 9.54. The number of hydrogen-bond donors (Lipinski definition) is 1. The first kappa shape index (κ1) is 24.6. The molecule has 1 aliphatic heterocycles. The lowest BCUT2D eigenvalue weighted by molar-refractivity contribution is -0.00833. The molecule has 166 valence electrons. The molecule has 0 saturated carbocycles. The normalized spacial score (nSPS) is 17.2. The molecule has 0 spiro atoms. The highest BCUT2D eigenvalue weighted by atomic mass is 127. The van der Waals surface area contributed by atoms with Gasteiger partial charge in [-0.1, -0.05) is 42.8 Å². The van der Waals surface area contributed by atoms with Crippen LogP contribution in [0.2, 0.25) is 0 Å². The van der Waals surface area contributed by atoms with E-state index in [1.54, 1.807) is 0 Å². The number of hydrogen-bond acceptors (Lipinski definition) is 5. The third-order valence-corrected chi connectivity index (χ3v) is 5.06. The number of rotatable bonds is 6. The molecule has 1 fully saturated rings. The number of morpholine rings is 1. The van der Waals surface area contributed by atoms with Crippen LogP contribution in [0.15, 0.2) is 27.7 Å². The maximum atomic E-state index is 6.08. The maximum Gasteiger partial charge on any atom is 0.228 e. The molecule has 1 saturated heterocycles. The smallest absolute Gasteiger partial charge is 0.228 e. The first-order chi connectivity index (χ1) is 14.0. The predicted octanol–water partition coefficient (Wildman–Crippen LogP) is 4.01. The average Bonchev–Trinajstić information content (AvgIpc) is 3.17. The molecule has 2 heterocycles. The molecule has 1 N–H and O–H groups in total. The van der Waals surface area contributed by atoms with Gasteiger partial charge in [-0.3, -0.25) is 4.99 Å². The topological polar surface area (TPSA) is 75.8 Å². The van der Waals surface area contributed by atoms with Gasteiger partial charge < -0.3 is 19.5 Å². The van der Waals surface area contributed by atoms with Gasteiger partial charge in [0, 0.05) is 25.4 Å². The van der Waals surface area contributed by atoms with Crippen LogP contribution >= 0.6 is 24.0 Å². The van der Waals surface area contributed by atoms with Crippen LogP contribution < -0.4 is 5.32 Å². The van der Waals surface area contributed by atoms with Crippen molar-refractivity contribution in [2.45, 2.75) is 53.1 Å². The highest BCUT2D eigenvalue weighted by Gasteiger charge is 2.25. The number of guanidine groups is 1. The molecule has 30 heavy (non-hydrogen) atoms. The number of aromatic nitrogens is 2. The molecule has 0 amide bonds. The average molecular weight is 527 g/mol. The van der Waals surface area contributed by atoms with Crippen molar-refractivity contribution in [3.8, 4) is 0 Å². The largest absolute Gasteiger partial charge is 0.370 e. The van der Waals surface area contributed by atoms with Gasteiger partial charge >= 0.3 is 0 Å². The van der Waals surface area contributed by atoms with Crippen molar-refractivity contribution >= 4 is 29.9 Å². The summed E-state index contributed by atoms with van der Waals surface area (Å²) in [6.07, 6.45) is 0.692. The number of benzene rings is 1. The van der Waals surface area contributed by atoms with Crippen LogP contribution in [-0.4, -0.2) is 53.8 Å². The summed E-state index contributed by atoms with van der Waals surface area (Å²) in [5, 5.41) is 7.43. The molecule has 1 atom stereocenters. The predicted molar refractivity (Wildman–Crippen MR) is 130 cm³/mol. The van der Waals surface area contributed by atoms with E-state index in [1.165, 1.54) is 16.7 Å². The van der Waals surface area contributed by atoms with Crippen LogP contribution in [-0.2, 0) is 11.2 Å². The molecule has 2 aromatic rings. The molecular weight excluding hydrogens is 493 g/mol. The SMILES string of the molecule is CCNC(=NCCc1nc(C(C)C)no1)N1CCOC(c2ccc(C)cc2C)C1.I. The van der Waals surface area contributed by atoms with Gasteiger partial charge in [0.1, 0.15) is 6.10 Å². The lowest BCUT2D eigenvalue weighted by Gasteiger charge is -2.36. The van der Waals surface area contributed by atoms with Gasteiger partial charge in [-0.05, 0) is 31.9 Å². The van der Waals surface area contributed by atoms with Crippen LogP contribution in [0.4, 0.5) is 0 Å². The monoisotopic (exact) mass is 527 g/mol. The first-order valence-corrected chi connectivity index (χ1v) is 10.5. The number of ether oxygens (including phenoxy) is 1. The fourth-order valence-electron chi connectivity index (χ4n) is 3.50. The van der Waals surface area contributed by atoms with Crippen molar-refractivity contribution in [3.63, 3.8) is 0 Å². The number of nitrogens with one attached hydrogen (secondary N) is 1. The van der Waals surface area contributed by atoms with Gasteiger partial charge in [0.15, 0.2) is 11.8 Å². The minimum absolute atomic E-state index is 0. The Morgan fingerprint density at radius 2 is 2.13 bits per heavy atom. The molecule has 1 aliphatic rings. The van der Waals surface area contributed by atoms with Crippen LogP contribution in [0.3, 0.4) is 0 Å². The van der Waals surface area contributed by atoms with E-state index in [0.717, 1.165) is 31.4 Å². The summed E-state index contributed by atoms with van der Waals surface area (Å²) in [5.41, 5.74) is 3.80. The van der Waals surface area contributed by atoms with Crippen LogP contribution in [0.5, 0.6) is 0 Å². The summed E-state index contributed by atoms with van der Waals surface area (Å²) in [4.78, 5) is 11.5. The molecule has 0 bridgehead atoms. The second kappa shape index (κ2) is 11.6. The Hall–Kier alpha value is -1.68. The van der Waals surface area contributed by atoms with Crippen LogP contribution in [0.25, 0.3) is 0 Å². The fraction of sp³-hybridized carbons (Fsp3) is 0.591. The fourth-order valence-corrected chi connectivity index (χ4v) is 3.50. The summed E-state index contributed by atoms with van der Waals surface area (Å²) in [7, 11) is 0. The number of halogens is 1. The van der Waals surface area contributed by atoms with Gasteiger partial charge in [-0.25, -0.2) is 0 Å². The summed E-state index contributed by atoms with van der Waals surface area (Å²) >= 11 is 0. The number of aryl methyl sites for hydroxylation is 2. The molecule has 0 radical (unpaired) electrons. The van der Waals surface area contributed by atoms with E-state index in [9.17, 15) is 0 Å². The van der Waals surface area contributed by atoms with Crippen molar-refractivity contribution in [2.75, 3.05) is 32.8 Å². The maximum absolute atomic E-state index is 6.08. The quantitative estimate of drug-likeness (QED) is 0.348. The van der Waals surface area contributed by atoms with Crippen molar-refractivity contribution in [1.29, 1.82) is 0 Å². The second-order valence-corrected chi connectivity index (χ2v) is 7.85. The molecule has 8 heteroatoms. The molecule has 1 unspecified atom stereocenters. The van der Waals surface area contributed by atoms with E-state index in [-0.39, 0.29) is 36.0 Å². The highest BCUT2D eigenvalue weighted by Crippen LogP contribution is 2.26. The third kappa shape index (κ3) is 6.41. The second-order valence-electron chi connectivity index (χ2n) is 7.85. The molecular formula is C22H34IN5O2. The zero-order valence-corrected chi connectivity index (χ0v) is 21.0. The van der Waals surface area contributed by atoms with Crippen molar-refractivity contribution in [1.82, 2.24) is 20.4 Å². The zero-order chi connectivity index (χ0) is 20.8. The van der Waals surface area contributed by atoms with Crippen molar-refractivity contribution < 1.29 is 9.26 Å². The lowest BCUT2D eigenvalue weighted by Crippen LogP contribution is -2.48. The van der Waals surface area contributed by atoms with E-state index in [4.69, 9.17) is 14.3 Å². The Morgan fingerprint density at radius 1 is 1.33 bits per heavy atom.